The van der Waals surface area contributed by atoms with Gasteiger partial charge >= 0.3 is 0 Å². The van der Waals surface area contributed by atoms with Crippen LogP contribution in [-0.2, 0) is 0 Å². The predicted octanol–water partition coefficient (Wildman–Crippen LogP) is 3.70. The maximum Gasteiger partial charge on any atom is 0.145 e. The van der Waals surface area contributed by atoms with E-state index in [9.17, 15) is 0 Å². The van der Waals surface area contributed by atoms with Gasteiger partial charge in [-0.2, -0.15) is 0 Å². The minimum atomic E-state index is 0.707. The lowest BCUT2D eigenvalue weighted by molar-refractivity contribution is 1.16. The number of imidazole rings is 1. The Balaban J connectivity index is 2.12. The van der Waals surface area contributed by atoms with Crippen molar-refractivity contribution < 1.29 is 0 Å². The van der Waals surface area contributed by atoms with Crippen LogP contribution < -0.4 is 5.73 Å². The zero-order chi connectivity index (χ0) is 14.1. The van der Waals surface area contributed by atoms with Crippen molar-refractivity contribution in [2.45, 2.75) is 13.8 Å². The second-order valence-corrected chi connectivity index (χ2v) is 4.99. The van der Waals surface area contributed by atoms with Crippen molar-refractivity contribution >= 4 is 23.6 Å². The Hall–Kier alpha value is -2.55. The fourth-order valence-corrected chi connectivity index (χ4v) is 2.32. The molecule has 0 aliphatic heterocycles. The summed E-state index contributed by atoms with van der Waals surface area (Å²) in [6, 6.07) is 12.4. The summed E-state index contributed by atoms with van der Waals surface area (Å²) >= 11 is 0. The molecule has 2 aromatic heterocycles. The SMILES string of the molecule is Cc1cc(C=Cc2ccccc2)c2nc(C)c(N)n2c1. The molecule has 0 spiro atoms. The van der Waals surface area contributed by atoms with E-state index in [1.807, 2.05) is 35.7 Å². The van der Waals surface area contributed by atoms with Crippen LogP contribution in [0.15, 0.2) is 42.6 Å². The van der Waals surface area contributed by atoms with Gasteiger partial charge in [0.2, 0.25) is 0 Å². The van der Waals surface area contributed by atoms with Crippen molar-refractivity contribution in [3.63, 3.8) is 0 Å². The van der Waals surface area contributed by atoms with Crippen LogP contribution >= 0.6 is 0 Å². The van der Waals surface area contributed by atoms with E-state index in [1.54, 1.807) is 0 Å². The maximum atomic E-state index is 6.06. The van der Waals surface area contributed by atoms with Crippen LogP contribution in [0.1, 0.15) is 22.4 Å². The van der Waals surface area contributed by atoms with Crippen LogP contribution in [0, 0.1) is 13.8 Å². The number of nitrogens with zero attached hydrogens (tertiary/aromatic N) is 2. The Morgan fingerprint density at radius 2 is 1.85 bits per heavy atom. The number of aryl methyl sites for hydroxylation is 2. The van der Waals surface area contributed by atoms with E-state index >= 15 is 0 Å². The topological polar surface area (TPSA) is 43.3 Å². The van der Waals surface area contributed by atoms with E-state index < -0.39 is 0 Å². The van der Waals surface area contributed by atoms with Crippen LogP contribution in [0.4, 0.5) is 5.82 Å². The first-order valence-corrected chi connectivity index (χ1v) is 6.63. The Morgan fingerprint density at radius 1 is 1.10 bits per heavy atom. The first kappa shape index (κ1) is 12.5. The molecule has 0 saturated heterocycles. The number of fused-ring (bicyclic) bond motifs is 1. The zero-order valence-corrected chi connectivity index (χ0v) is 11.7. The first-order chi connectivity index (χ1) is 9.65. The van der Waals surface area contributed by atoms with Gasteiger partial charge in [-0.05, 0) is 31.0 Å². The Bertz CT molecular complexity index is 783. The standard InChI is InChI=1S/C17H17N3/c1-12-10-15(9-8-14-6-4-3-5-7-14)17-19-13(2)16(18)20(17)11-12/h3-11H,18H2,1-2H3. The lowest BCUT2D eigenvalue weighted by Gasteiger charge is -2.03. The quantitative estimate of drug-likeness (QED) is 0.766. The fourth-order valence-electron chi connectivity index (χ4n) is 2.32. The Kier molecular flexibility index (Phi) is 3.03. The average molecular weight is 263 g/mol. The largest absolute Gasteiger partial charge is 0.383 e. The summed E-state index contributed by atoms with van der Waals surface area (Å²) in [4.78, 5) is 4.55. The monoisotopic (exact) mass is 263 g/mol. The normalized spacial score (nSPS) is 11.5. The molecule has 0 fully saturated rings. The second-order valence-electron chi connectivity index (χ2n) is 4.99. The number of hydrogen-bond acceptors (Lipinski definition) is 2. The van der Waals surface area contributed by atoms with Gasteiger partial charge in [0.15, 0.2) is 0 Å². The van der Waals surface area contributed by atoms with E-state index in [-0.39, 0.29) is 0 Å². The molecule has 3 heteroatoms. The highest BCUT2D eigenvalue weighted by Gasteiger charge is 2.08. The molecule has 0 aliphatic carbocycles. The van der Waals surface area contributed by atoms with Crippen molar-refractivity contribution in [2.75, 3.05) is 5.73 Å². The van der Waals surface area contributed by atoms with E-state index in [4.69, 9.17) is 5.73 Å². The van der Waals surface area contributed by atoms with Crippen LogP contribution in [0.25, 0.3) is 17.8 Å². The molecule has 20 heavy (non-hydrogen) atoms. The van der Waals surface area contributed by atoms with Gasteiger partial charge in [-0.15, -0.1) is 0 Å². The molecule has 0 saturated carbocycles. The summed E-state index contributed by atoms with van der Waals surface area (Å²) in [5, 5.41) is 0. The van der Waals surface area contributed by atoms with E-state index in [0.717, 1.165) is 22.5 Å². The molecule has 0 atom stereocenters. The number of nitrogen functional groups attached to an aromatic ring is 1. The van der Waals surface area contributed by atoms with Crippen molar-refractivity contribution in [2.24, 2.45) is 0 Å². The highest BCUT2D eigenvalue weighted by Crippen LogP contribution is 2.21. The zero-order valence-electron chi connectivity index (χ0n) is 11.7. The van der Waals surface area contributed by atoms with Crippen LogP contribution in [-0.4, -0.2) is 9.38 Å². The van der Waals surface area contributed by atoms with E-state index in [0.29, 0.717) is 5.82 Å². The second kappa shape index (κ2) is 4.85. The molecule has 0 amide bonds. The van der Waals surface area contributed by atoms with Gasteiger partial charge < -0.3 is 5.73 Å². The molecular weight excluding hydrogens is 246 g/mol. The van der Waals surface area contributed by atoms with Gasteiger partial charge in [0.05, 0.1) is 5.69 Å². The molecule has 0 aliphatic rings. The summed E-state index contributed by atoms with van der Waals surface area (Å²) < 4.78 is 1.95. The number of anilines is 1. The summed E-state index contributed by atoms with van der Waals surface area (Å²) in [6.07, 6.45) is 6.20. The number of aromatic nitrogens is 2. The van der Waals surface area contributed by atoms with Gasteiger partial charge in [-0.1, -0.05) is 42.5 Å². The van der Waals surface area contributed by atoms with Gasteiger partial charge in [0.1, 0.15) is 11.5 Å². The molecule has 0 radical (unpaired) electrons. The minimum absolute atomic E-state index is 0.707. The molecule has 3 rings (SSSR count). The van der Waals surface area contributed by atoms with Gasteiger partial charge in [0, 0.05) is 11.8 Å². The van der Waals surface area contributed by atoms with Crippen molar-refractivity contribution in [3.8, 4) is 0 Å². The number of benzene rings is 1. The van der Waals surface area contributed by atoms with Gasteiger partial charge in [-0.25, -0.2) is 4.98 Å². The Labute approximate surface area is 118 Å². The van der Waals surface area contributed by atoms with Crippen molar-refractivity contribution in [3.05, 3.63) is 65.0 Å². The smallest absolute Gasteiger partial charge is 0.145 e. The fraction of sp³-hybridized carbons (Fsp3) is 0.118. The summed E-state index contributed by atoms with van der Waals surface area (Å²) in [5.74, 6) is 0.707. The predicted molar refractivity (Wildman–Crippen MR) is 84.4 cm³/mol. The Morgan fingerprint density at radius 3 is 2.60 bits per heavy atom. The number of hydrogen-bond donors (Lipinski definition) is 1. The molecule has 3 nitrogen and oxygen atoms in total. The van der Waals surface area contributed by atoms with Gasteiger partial charge in [-0.3, -0.25) is 4.40 Å². The highest BCUT2D eigenvalue weighted by molar-refractivity contribution is 5.78. The van der Waals surface area contributed by atoms with Crippen molar-refractivity contribution in [1.29, 1.82) is 0 Å². The first-order valence-electron chi connectivity index (χ1n) is 6.63. The molecule has 0 bridgehead atoms. The number of pyridine rings is 1. The lowest BCUT2D eigenvalue weighted by Crippen LogP contribution is -1.95. The van der Waals surface area contributed by atoms with Crippen LogP contribution in [0.5, 0.6) is 0 Å². The molecule has 2 heterocycles. The lowest BCUT2D eigenvalue weighted by atomic mass is 10.1. The van der Waals surface area contributed by atoms with E-state index in [2.05, 4.69) is 42.3 Å². The molecule has 2 N–H and O–H groups in total. The maximum absolute atomic E-state index is 6.06. The van der Waals surface area contributed by atoms with Crippen LogP contribution in [0.2, 0.25) is 0 Å². The third kappa shape index (κ3) is 2.18. The molecule has 0 unspecified atom stereocenters. The summed E-state index contributed by atoms with van der Waals surface area (Å²) in [7, 11) is 0. The summed E-state index contributed by atoms with van der Waals surface area (Å²) in [6.45, 7) is 4.00. The molecular formula is C17H17N3. The van der Waals surface area contributed by atoms with Crippen LogP contribution in [0.3, 0.4) is 0 Å². The molecule has 3 aromatic rings. The summed E-state index contributed by atoms with van der Waals surface area (Å²) in [5.41, 5.74) is 11.2. The van der Waals surface area contributed by atoms with Gasteiger partial charge in [0.25, 0.3) is 0 Å². The molecule has 100 valence electrons. The third-order valence-corrected chi connectivity index (χ3v) is 3.36. The highest BCUT2D eigenvalue weighted by atomic mass is 15.1. The minimum Gasteiger partial charge on any atom is -0.383 e. The third-order valence-electron chi connectivity index (χ3n) is 3.36. The average Bonchev–Trinajstić information content (AvgIpc) is 2.74. The number of nitrogens with two attached hydrogens (primary N) is 1. The van der Waals surface area contributed by atoms with Crippen molar-refractivity contribution in [1.82, 2.24) is 9.38 Å². The molecule has 1 aromatic carbocycles. The van der Waals surface area contributed by atoms with E-state index in [1.165, 1.54) is 5.56 Å². The number of rotatable bonds is 2.